The summed E-state index contributed by atoms with van der Waals surface area (Å²) in [5.74, 6) is 0.545. The Morgan fingerprint density at radius 2 is 1.90 bits per heavy atom. The number of hydrogen-bond donors (Lipinski definition) is 1. The van der Waals surface area contributed by atoms with Gasteiger partial charge in [0.1, 0.15) is 0 Å². The van der Waals surface area contributed by atoms with Crippen molar-refractivity contribution in [1.29, 1.82) is 0 Å². The molecule has 0 bridgehead atoms. The van der Waals surface area contributed by atoms with Gasteiger partial charge in [-0.25, -0.2) is 0 Å². The Morgan fingerprint density at radius 3 is 2.50 bits per heavy atom. The third-order valence-corrected chi connectivity index (χ3v) is 6.30. The van der Waals surface area contributed by atoms with Gasteiger partial charge in [-0.1, -0.05) is 55.8 Å². The van der Waals surface area contributed by atoms with Crippen LogP contribution in [0.25, 0.3) is 0 Å². The van der Waals surface area contributed by atoms with Crippen LogP contribution >= 0.6 is 23.4 Å². The molecule has 0 radical (unpaired) electrons. The molecule has 6 nitrogen and oxygen atoms in total. The molecule has 2 aromatic carbocycles. The second-order valence-electron chi connectivity index (χ2n) is 7.35. The van der Waals surface area contributed by atoms with Gasteiger partial charge in [-0.3, -0.25) is 4.99 Å². The average molecular weight is 450 g/mol. The fourth-order valence-corrected chi connectivity index (χ4v) is 4.81. The van der Waals surface area contributed by atoms with E-state index in [1.165, 1.54) is 16.0 Å². The number of aliphatic imine (C=N–C) groups is 1. The zero-order valence-electron chi connectivity index (χ0n) is 17.3. The van der Waals surface area contributed by atoms with Crippen LogP contribution in [-0.2, 0) is 6.42 Å². The van der Waals surface area contributed by atoms with E-state index in [9.17, 15) is 0 Å². The van der Waals surface area contributed by atoms with Gasteiger partial charge < -0.3 is 10.1 Å². The van der Waals surface area contributed by atoms with Gasteiger partial charge in [-0.05, 0) is 48.1 Å². The molecule has 0 aliphatic carbocycles. The molecular weight excluding hydrogens is 422 g/mol. The van der Waals surface area contributed by atoms with Gasteiger partial charge in [0.2, 0.25) is 0 Å². The van der Waals surface area contributed by atoms with Crippen molar-refractivity contribution in [3.05, 3.63) is 74.8 Å². The smallest absolute Gasteiger partial charge is 0.291 e. The zero-order chi connectivity index (χ0) is 21.9. The Balaban J connectivity index is 0.000000735. The van der Waals surface area contributed by atoms with E-state index >= 15 is 0 Å². The Labute approximate surface area is 187 Å². The molecule has 1 unspecified atom stereocenters. The molecule has 1 aliphatic heterocycles. The summed E-state index contributed by atoms with van der Waals surface area (Å²) in [6.45, 7) is 7.57. The Bertz CT molecular complexity index is 827. The Hall–Kier alpha value is -2.25. The maximum atomic E-state index is 8.36. The number of thioether (sulfide) groups is 1. The zero-order valence-corrected chi connectivity index (χ0v) is 18.9. The molecule has 0 saturated heterocycles. The summed E-state index contributed by atoms with van der Waals surface area (Å²) in [5, 5.41) is 15.0. The largest absolute Gasteiger partial charge is 0.360 e. The molecule has 1 aliphatic rings. The van der Waals surface area contributed by atoms with E-state index < -0.39 is 5.09 Å². The van der Waals surface area contributed by atoms with E-state index in [0.29, 0.717) is 11.2 Å². The summed E-state index contributed by atoms with van der Waals surface area (Å²) in [4.78, 5) is 16.5. The van der Waals surface area contributed by atoms with E-state index in [4.69, 9.17) is 26.9 Å². The van der Waals surface area contributed by atoms with E-state index in [-0.39, 0.29) is 0 Å². The van der Waals surface area contributed by atoms with Crippen molar-refractivity contribution in [2.45, 2.75) is 42.8 Å². The lowest BCUT2D eigenvalue weighted by Gasteiger charge is -2.24. The summed E-state index contributed by atoms with van der Waals surface area (Å²) in [6, 6.07) is 17.1. The Kier molecular flexibility index (Phi) is 9.97. The van der Waals surface area contributed by atoms with Crippen molar-refractivity contribution >= 4 is 29.7 Å². The van der Waals surface area contributed by atoms with Gasteiger partial charge in [0.25, 0.3) is 5.09 Å². The fourth-order valence-electron chi connectivity index (χ4n) is 3.23. The standard InChI is InChI=1S/C22H27ClN2S.HNO3/c1-17(2)21-5-3-4-6-22(21)26-20(15-25-14-13-24-16-25)12-9-18-7-10-19(23)11-8-18;2-1(3)4/h3-8,10-11,16-17,20H,9,12-15H2,1-2H3;(H,2,3,4). The number of halogens is 1. The van der Waals surface area contributed by atoms with Gasteiger partial charge in [-0.15, -0.1) is 21.9 Å². The maximum absolute atomic E-state index is 8.36. The minimum absolute atomic E-state index is 0.537. The molecule has 1 N–H and O–H groups in total. The highest BCUT2D eigenvalue weighted by atomic mass is 35.5. The lowest BCUT2D eigenvalue weighted by molar-refractivity contribution is -0.742. The van der Waals surface area contributed by atoms with Crippen LogP contribution in [0, 0.1) is 10.1 Å². The number of nitrogens with zero attached hydrogens (tertiary/aromatic N) is 3. The minimum Gasteiger partial charge on any atom is -0.360 e. The van der Waals surface area contributed by atoms with Crippen molar-refractivity contribution in [3.8, 4) is 0 Å². The molecule has 1 heterocycles. The first kappa shape index (κ1) is 24.0. The van der Waals surface area contributed by atoms with E-state index in [0.717, 1.165) is 37.5 Å². The van der Waals surface area contributed by atoms with Crippen molar-refractivity contribution in [1.82, 2.24) is 4.90 Å². The molecule has 0 aromatic heterocycles. The van der Waals surface area contributed by atoms with Crippen molar-refractivity contribution in [3.63, 3.8) is 0 Å². The normalized spacial score (nSPS) is 13.8. The number of hydrogen-bond acceptors (Lipinski definition) is 5. The van der Waals surface area contributed by atoms with Crippen LogP contribution < -0.4 is 0 Å². The molecule has 0 saturated carbocycles. The highest BCUT2D eigenvalue weighted by molar-refractivity contribution is 8.00. The third kappa shape index (κ3) is 8.63. The first-order valence-electron chi connectivity index (χ1n) is 9.92. The molecule has 162 valence electrons. The predicted octanol–water partition coefficient (Wildman–Crippen LogP) is 5.55. The minimum atomic E-state index is -1.50. The molecule has 0 fully saturated rings. The first-order chi connectivity index (χ1) is 14.3. The summed E-state index contributed by atoms with van der Waals surface area (Å²) >= 11 is 8.04. The predicted molar refractivity (Wildman–Crippen MR) is 124 cm³/mol. The molecule has 30 heavy (non-hydrogen) atoms. The van der Waals surface area contributed by atoms with Crippen molar-refractivity contribution in [2.75, 3.05) is 19.6 Å². The Morgan fingerprint density at radius 1 is 1.23 bits per heavy atom. The van der Waals surface area contributed by atoms with E-state index in [1.54, 1.807) is 0 Å². The van der Waals surface area contributed by atoms with Crippen molar-refractivity contribution < 1.29 is 10.3 Å². The number of aryl methyl sites for hydroxylation is 1. The van der Waals surface area contributed by atoms with E-state index in [2.05, 4.69) is 60.1 Å². The molecule has 3 rings (SSSR count). The fraction of sp³-hybridized carbons (Fsp3) is 0.409. The first-order valence-corrected chi connectivity index (χ1v) is 11.2. The lowest BCUT2D eigenvalue weighted by Crippen LogP contribution is -2.29. The molecule has 2 aromatic rings. The van der Waals surface area contributed by atoms with Gasteiger partial charge in [-0.2, -0.15) is 0 Å². The van der Waals surface area contributed by atoms with Crippen LogP contribution in [0.1, 0.15) is 37.3 Å². The monoisotopic (exact) mass is 449 g/mol. The second kappa shape index (κ2) is 12.4. The third-order valence-electron chi connectivity index (χ3n) is 4.70. The highest BCUT2D eigenvalue weighted by Crippen LogP contribution is 2.33. The summed E-state index contributed by atoms with van der Waals surface area (Å²) in [7, 11) is 0. The van der Waals surface area contributed by atoms with Crippen LogP contribution in [0.15, 0.2) is 58.4 Å². The van der Waals surface area contributed by atoms with Gasteiger partial charge >= 0.3 is 0 Å². The van der Waals surface area contributed by atoms with Crippen LogP contribution in [0.2, 0.25) is 5.02 Å². The number of benzene rings is 2. The van der Waals surface area contributed by atoms with Crippen molar-refractivity contribution in [2.24, 2.45) is 4.99 Å². The molecule has 1 atom stereocenters. The molecule has 0 spiro atoms. The number of rotatable bonds is 8. The molecule has 8 heteroatoms. The average Bonchev–Trinajstić information content (AvgIpc) is 3.20. The van der Waals surface area contributed by atoms with Gasteiger partial charge in [0.05, 0.1) is 12.9 Å². The topological polar surface area (TPSA) is 79.0 Å². The van der Waals surface area contributed by atoms with E-state index in [1.807, 2.05) is 30.2 Å². The SMILES string of the molecule is CC(C)c1ccccc1SC(CCc1ccc(Cl)cc1)CN1C=NCC1.O=[N+]([O-])O. The molecular formula is C22H28ClN3O3S. The lowest BCUT2D eigenvalue weighted by atomic mass is 10.0. The summed E-state index contributed by atoms with van der Waals surface area (Å²) < 4.78 is 0. The van der Waals surface area contributed by atoms with Crippen LogP contribution in [0.5, 0.6) is 0 Å². The second-order valence-corrected chi connectivity index (χ2v) is 9.13. The van der Waals surface area contributed by atoms with Crippen LogP contribution in [0.3, 0.4) is 0 Å². The van der Waals surface area contributed by atoms with Gasteiger partial charge in [0.15, 0.2) is 0 Å². The molecule has 0 amide bonds. The summed E-state index contributed by atoms with van der Waals surface area (Å²) in [6.07, 6.45) is 4.23. The summed E-state index contributed by atoms with van der Waals surface area (Å²) in [5.41, 5.74) is 2.80. The van der Waals surface area contributed by atoms with Gasteiger partial charge in [0, 0.05) is 28.3 Å². The highest BCUT2D eigenvalue weighted by Gasteiger charge is 2.18. The van der Waals surface area contributed by atoms with Crippen LogP contribution in [0.4, 0.5) is 0 Å². The van der Waals surface area contributed by atoms with Crippen LogP contribution in [-0.4, -0.2) is 46.4 Å². The maximum Gasteiger partial charge on any atom is 0.291 e. The quantitative estimate of drug-likeness (QED) is 0.324.